The largest absolute Gasteiger partial charge is 0.381 e. The van der Waals surface area contributed by atoms with Crippen molar-refractivity contribution in [2.75, 3.05) is 31.7 Å². The Hall–Kier alpha value is -1.88. The van der Waals surface area contributed by atoms with Crippen molar-refractivity contribution >= 4 is 22.7 Å². The van der Waals surface area contributed by atoms with Crippen molar-refractivity contribution in [3.05, 3.63) is 24.3 Å². The average molecular weight is 245 g/mol. The molecule has 1 atom stereocenters. The Morgan fingerprint density at radius 3 is 2.44 bits per heavy atom. The highest BCUT2D eigenvalue weighted by Crippen LogP contribution is 2.18. The molecule has 1 aromatic carbocycles. The molecule has 0 amide bonds. The molecular weight excluding hydrogens is 226 g/mol. The number of likely N-dealkylation sites (N-methyl/N-ethyl adjacent to an activating group) is 1. The fraction of sp³-hybridized carbons (Fsp3) is 0.385. The summed E-state index contributed by atoms with van der Waals surface area (Å²) < 4.78 is 0. The van der Waals surface area contributed by atoms with Crippen molar-refractivity contribution in [1.29, 1.82) is 0 Å². The molecule has 5 nitrogen and oxygen atoms in total. The van der Waals surface area contributed by atoms with E-state index in [4.69, 9.17) is 5.73 Å². The maximum Gasteiger partial charge on any atom is 0.169 e. The van der Waals surface area contributed by atoms with Crippen LogP contribution in [0.2, 0.25) is 0 Å². The number of benzene rings is 1. The average Bonchev–Trinajstić information content (AvgIpc) is 2.35. The summed E-state index contributed by atoms with van der Waals surface area (Å²) in [6.07, 6.45) is 0. The highest BCUT2D eigenvalue weighted by molar-refractivity contribution is 5.79. The van der Waals surface area contributed by atoms with Gasteiger partial charge < -0.3 is 16.0 Å². The predicted octanol–water partition coefficient (Wildman–Crippen LogP) is 1.57. The first-order valence-corrected chi connectivity index (χ1v) is 6.00. The highest BCUT2D eigenvalue weighted by Gasteiger charge is 2.08. The van der Waals surface area contributed by atoms with E-state index in [0.29, 0.717) is 17.7 Å². The first kappa shape index (κ1) is 12.6. The Kier molecular flexibility index (Phi) is 3.62. The van der Waals surface area contributed by atoms with Crippen LogP contribution in [0.1, 0.15) is 6.92 Å². The van der Waals surface area contributed by atoms with Gasteiger partial charge in [-0.25, -0.2) is 9.97 Å². The number of aromatic nitrogens is 2. The third-order valence-electron chi connectivity index (χ3n) is 3.04. The topological polar surface area (TPSA) is 67.1 Å². The summed E-state index contributed by atoms with van der Waals surface area (Å²) >= 11 is 0. The van der Waals surface area contributed by atoms with E-state index in [9.17, 15) is 0 Å². The molecule has 2 aromatic rings. The summed E-state index contributed by atoms with van der Waals surface area (Å²) in [5, 5.41) is 3.25. The summed E-state index contributed by atoms with van der Waals surface area (Å²) in [6, 6.07) is 8.11. The van der Waals surface area contributed by atoms with Gasteiger partial charge in [-0.05, 0) is 33.2 Å². The number of nitrogen functional groups attached to an aromatic ring is 1. The lowest BCUT2D eigenvalue weighted by Crippen LogP contribution is -2.31. The maximum absolute atomic E-state index is 5.90. The molecule has 5 heteroatoms. The Balaban J connectivity index is 2.20. The molecule has 0 radical (unpaired) electrons. The van der Waals surface area contributed by atoms with Gasteiger partial charge in [-0.2, -0.15) is 0 Å². The number of hydrogen-bond donors (Lipinski definition) is 2. The van der Waals surface area contributed by atoms with Gasteiger partial charge in [0.1, 0.15) is 0 Å². The summed E-state index contributed by atoms with van der Waals surface area (Å²) in [7, 11) is 4.09. The smallest absolute Gasteiger partial charge is 0.169 e. The fourth-order valence-electron chi connectivity index (χ4n) is 1.57. The second-order valence-electron chi connectivity index (χ2n) is 4.64. The van der Waals surface area contributed by atoms with E-state index in [-0.39, 0.29) is 0 Å². The molecule has 1 heterocycles. The normalized spacial score (nSPS) is 12.9. The van der Waals surface area contributed by atoms with Crippen LogP contribution in [0.4, 0.5) is 11.6 Å². The number of hydrogen-bond acceptors (Lipinski definition) is 5. The molecule has 0 saturated carbocycles. The van der Waals surface area contributed by atoms with Crippen LogP contribution in [-0.2, 0) is 0 Å². The summed E-state index contributed by atoms with van der Waals surface area (Å²) in [5.41, 5.74) is 7.57. The molecule has 0 spiro atoms. The second-order valence-corrected chi connectivity index (χ2v) is 4.64. The quantitative estimate of drug-likeness (QED) is 0.856. The van der Waals surface area contributed by atoms with Gasteiger partial charge in [0.05, 0.1) is 11.0 Å². The SMILES string of the molecule is CC(CNc1nc2ccccc2nc1N)N(C)C. The van der Waals surface area contributed by atoms with E-state index < -0.39 is 0 Å². The number of nitrogens with zero attached hydrogens (tertiary/aromatic N) is 3. The van der Waals surface area contributed by atoms with Gasteiger partial charge in [0, 0.05) is 12.6 Å². The van der Waals surface area contributed by atoms with Crippen molar-refractivity contribution in [3.63, 3.8) is 0 Å². The van der Waals surface area contributed by atoms with Crippen molar-refractivity contribution in [2.45, 2.75) is 13.0 Å². The lowest BCUT2D eigenvalue weighted by Gasteiger charge is -2.20. The van der Waals surface area contributed by atoms with Gasteiger partial charge in [0.15, 0.2) is 11.6 Å². The molecule has 1 aromatic heterocycles. The van der Waals surface area contributed by atoms with E-state index in [1.807, 2.05) is 38.4 Å². The zero-order chi connectivity index (χ0) is 13.1. The molecule has 0 aliphatic carbocycles. The van der Waals surface area contributed by atoms with Gasteiger partial charge in [-0.1, -0.05) is 12.1 Å². The highest BCUT2D eigenvalue weighted by atomic mass is 15.1. The molecule has 18 heavy (non-hydrogen) atoms. The first-order valence-electron chi connectivity index (χ1n) is 6.00. The van der Waals surface area contributed by atoms with Crippen LogP contribution >= 0.6 is 0 Å². The fourth-order valence-corrected chi connectivity index (χ4v) is 1.57. The van der Waals surface area contributed by atoms with Crippen LogP contribution in [0.25, 0.3) is 11.0 Å². The monoisotopic (exact) mass is 245 g/mol. The maximum atomic E-state index is 5.90. The second kappa shape index (κ2) is 5.18. The van der Waals surface area contributed by atoms with Crippen LogP contribution in [-0.4, -0.2) is 41.5 Å². The molecule has 96 valence electrons. The lowest BCUT2D eigenvalue weighted by molar-refractivity contribution is 0.326. The van der Waals surface area contributed by atoms with Crippen molar-refractivity contribution in [2.24, 2.45) is 0 Å². The zero-order valence-corrected chi connectivity index (χ0v) is 11.0. The molecular formula is C13H19N5. The number of para-hydroxylation sites is 2. The number of rotatable bonds is 4. The van der Waals surface area contributed by atoms with E-state index >= 15 is 0 Å². The van der Waals surface area contributed by atoms with Crippen LogP contribution in [0, 0.1) is 0 Å². The first-order chi connectivity index (χ1) is 8.58. The minimum Gasteiger partial charge on any atom is -0.381 e. The Labute approximate surface area is 107 Å². The van der Waals surface area contributed by atoms with Gasteiger partial charge in [-0.3, -0.25) is 0 Å². The molecule has 2 rings (SSSR count). The van der Waals surface area contributed by atoms with Gasteiger partial charge in [-0.15, -0.1) is 0 Å². The molecule has 0 saturated heterocycles. The Morgan fingerprint density at radius 1 is 1.22 bits per heavy atom. The van der Waals surface area contributed by atoms with Gasteiger partial charge >= 0.3 is 0 Å². The molecule has 0 aliphatic rings. The minimum atomic E-state index is 0.401. The van der Waals surface area contributed by atoms with Gasteiger partial charge in [0.25, 0.3) is 0 Å². The van der Waals surface area contributed by atoms with E-state index in [0.717, 1.165) is 17.6 Å². The number of anilines is 2. The van der Waals surface area contributed by atoms with Crippen molar-refractivity contribution in [3.8, 4) is 0 Å². The van der Waals surface area contributed by atoms with E-state index in [2.05, 4.69) is 27.1 Å². The standard InChI is InChI=1S/C13H19N5/c1-9(18(2)3)8-15-13-12(14)16-10-6-4-5-7-11(10)17-13/h4-7,9H,8H2,1-3H3,(H2,14,16)(H,15,17). The van der Waals surface area contributed by atoms with Crippen LogP contribution < -0.4 is 11.1 Å². The van der Waals surface area contributed by atoms with Crippen LogP contribution in [0.3, 0.4) is 0 Å². The third-order valence-corrected chi connectivity index (χ3v) is 3.04. The Bertz CT molecular complexity index is 538. The number of fused-ring (bicyclic) bond motifs is 1. The number of nitrogens with one attached hydrogen (secondary N) is 1. The minimum absolute atomic E-state index is 0.401. The van der Waals surface area contributed by atoms with E-state index in [1.165, 1.54) is 0 Å². The van der Waals surface area contributed by atoms with Crippen molar-refractivity contribution in [1.82, 2.24) is 14.9 Å². The van der Waals surface area contributed by atoms with Crippen LogP contribution in [0.15, 0.2) is 24.3 Å². The predicted molar refractivity (Wildman–Crippen MR) is 75.6 cm³/mol. The molecule has 3 N–H and O–H groups in total. The van der Waals surface area contributed by atoms with Gasteiger partial charge in [0.2, 0.25) is 0 Å². The van der Waals surface area contributed by atoms with E-state index in [1.54, 1.807) is 0 Å². The summed E-state index contributed by atoms with van der Waals surface area (Å²) in [6.45, 7) is 2.92. The lowest BCUT2D eigenvalue weighted by atomic mass is 10.3. The third kappa shape index (κ3) is 2.68. The van der Waals surface area contributed by atoms with Crippen LogP contribution in [0.5, 0.6) is 0 Å². The summed E-state index contributed by atoms with van der Waals surface area (Å²) in [5.74, 6) is 1.10. The molecule has 0 aliphatic heterocycles. The molecule has 0 fully saturated rings. The number of nitrogens with two attached hydrogens (primary N) is 1. The summed E-state index contributed by atoms with van der Waals surface area (Å²) in [4.78, 5) is 11.0. The zero-order valence-electron chi connectivity index (χ0n) is 11.0. The van der Waals surface area contributed by atoms with Crippen molar-refractivity contribution < 1.29 is 0 Å². The molecule has 0 bridgehead atoms. The molecule has 1 unspecified atom stereocenters. The Morgan fingerprint density at radius 2 is 1.83 bits per heavy atom.